The van der Waals surface area contributed by atoms with E-state index in [2.05, 4.69) is 31.0 Å². The normalized spacial score (nSPS) is 12.0. The lowest BCUT2D eigenvalue weighted by Crippen LogP contribution is -2.27. The summed E-state index contributed by atoms with van der Waals surface area (Å²) < 4.78 is 16.3. The minimum Gasteiger partial charge on any atom is -0.497 e. The average molecular weight is 315 g/mol. The van der Waals surface area contributed by atoms with E-state index in [0.717, 1.165) is 23.8 Å². The van der Waals surface area contributed by atoms with Crippen molar-refractivity contribution in [3.8, 4) is 17.2 Å². The number of ether oxygens (including phenoxy) is 3. The summed E-state index contributed by atoms with van der Waals surface area (Å²) >= 11 is 0. The zero-order valence-corrected chi connectivity index (χ0v) is 14.3. The van der Waals surface area contributed by atoms with Crippen LogP contribution in [-0.2, 0) is 0 Å². The molecule has 0 aromatic heterocycles. The zero-order chi connectivity index (χ0) is 16.7. The van der Waals surface area contributed by atoms with Crippen molar-refractivity contribution in [3.05, 3.63) is 54.1 Å². The van der Waals surface area contributed by atoms with Crippen LogP contribution >= 0.6 is 0 Å². The summed E-state index contributed by atoms with van der Waals surface area (Å²) in [7, 11) is 5.43. The molecule has 0 aliphatic rings. The smallest absolute Gasteiger partial charge is 0.161 e. The van der Waals surface area contributed by atoms with Crippen LogP contribution in [-0.4, -0.2) is 39.3 Å². The minimum atomic E-state index is 0.308. The largest absolute Gasteiger partial charge is 0.497 e. The summed E-state index contributed by atoms with van der Waals surface area (Å²) in [6.07, 6.45) is 0. The molecule has 0 aliphatic carbocycles. The highest BCUT2D eigenvalue weighted by Crippen LogP contribution is 2.26. The van der Waals surface area contributed by atoms with E-state index in [1.807, 2.05) is 36.4 Å². The second kappa shape index (κ2) is 8.44. The molecule has 0 saturated heterocycles. The van der Waals surface area contributed by atoms with Crippen molar-refractivity contribution in [2.75, 3.05) is 34.4 Å². The molecule has 2 aromatic carbocycles. The molecular formula is C19H25NO3. The number of likely N-dealkylation sites (N-methyl/N-ethyl adjacent to an activating group) is 1. The number of para-hydroxylation sites is 2. The Bertz CT molecular complexity index is 598. The molecule has 0 radical (unpaired) electrons. The van der Waals surface area contributed by atoms with Crippen LogP contribution in [0.4, 0.5) is 0 Å². The third kappa shape index (κ3) is 4.63. The fourth-order valence-electron chi connectivity index (χ4n) is 2.37. The van der Waals surface area contributed by atoms with E-state index in [1.165, 1.54) is 5.56 Å². The molecular weight excluding hydrogens is 290 g/mol. The zero-order valence-electron chi connectivity index (χ0n) is 14.3. The van der Waals surface area contributed by atoms with Crippen molar-refractivity contribution in [2.24, 2.45) is 0 Å². The van der Waals surface area contributed by atoms with Crippen LogP contribution in [0.2, 0.25) is 0 Å². The van der Waals surface area contributed by atoms with E-state index in [9.17, 15) is 0 Å². The molecule has 0 fully saturated rings. The van der Waals surface area contributed by atoms with E-state index in [4.69, 9.17) is 14.2 Å². The van der Waals surface area contributed by atoms with Gasteiger partial charge in [-0.05, 0) is 43.8 Å². The molecule has 4 heteroatoms. The minimum absolute atomic E-state index is 0.308. The molecule has 0 heterocycles. The molecule has 1 unspecified atom stereocenters. The molecule has 0 aliphatic heterocycles. The first kappa shape index (κ1) is 17.2. The van der Waals surface area contributed by atoms with Gasteiger partial charge >= 0.3 is 0 Å². The maximum Gasteiger partial charge on any atom is 0.161 e. The maximum absolute atomic E-state index is 5.83. The molecule has 0 saturated carbocycles. The van der Waals surface area contributed by atoms with E-state index in [-0.39, 0.29) is 0 Å². The van der Waals surface area contributed by atoms with Gasteiger partial charge in [-0.25, -0.2) is 0 Å². The monoisotopic (exact) mass is 315 g/mol. The standard InChI is InChI=1S/C19H25NO3/c1-15(16-9-11-17(21-3)12-10-16)20(2)13-14-23-19-8-6-5-7-18(19)22-4/h5-12,15H,13-14H2,1-4H3. The topological polar surface area (TPSA) is 30.9 Å². The molecule has 0 bridgehead atoms. The van der Waals surface area contributed by atoms with E-state index in [1.54, 1.807) is 14.2 Å². The summed E-state index contributed by atoms with van der Waals surface area (Å²) in [6, 6.07) is 16.2. The molecule has 0 amide bonds. The lowest BCUT2D eigenvalue weighted by atomic mass is 10.1. The predicted molar refractivity (Wildman–Crippen MR) is 92.5 cm³/mol. The molecule has 0 spiro atoms. The predicted octanol–water partition coefficient (Wildman–Crippen LogP) is 3.78. The molecule has 0 N–H and O–H groups in total. The second-order valence-electron chi connectivity index (χ2n) is 5.43. The van der Waals surface area contributed by atoms with Crippen molar-refractivity contribution < 1.29 is 14.2 Å². The first-order valence-electron chi connectivity index (χ1n) is 7.75. The highest BCUT2D eigenvalue weighted by atomic mass is 16.5. The van der Waals surface area contributed by atoms with Gasteiger partial charge in [0.1, 0.15) is 12.4 Å². The SMILES string of the molecule is COc1ccc(C(C)N(C)CCOc2ccccc2OC)cc1. The summed E-state index contributed by atoms with van der Waals surface area (Å²) in [5, 5.41) is 0. The first-order chi connectivity index (χ1) is 11.2. The van der Waals surface area contributed by atoms with Crippen LogP contribution < -0.4 is 14.2 Å². The van der Waals surface area contributed by atoms with Gasteiger partial charge in [-0.3, -0.25) is 4.90 Å². The highest BCUT2D eigenvalue weighted by Gasteiger charge is 2.12. The van der Waals surface area contributed by atoms with Gasteiger partial charge in [-0.15, -0.1) is 0 Å². The van der Waals surface area contributed by atoms with Gasteiger partial charge in [0.2, 0.25) is 0 Å². The average Bonchev–Trinajstić information content (AvgIpc) is 2.61. The molecule has 23 heavy (non-hydrogen) atoms. The number of nitrogens with zero attached hydrogens (tertiary/aromatic N) is 1. The van der Waals surface area contributed by atoms with Crippen LogP contribution in [0, 0.1) is 0 Å². The van der Waals surface area contributed by atoms with Crippen molar-refractivity contribution in [3.63, 3.8) is 0 Å². The van der Waals surface area contributed by atoms with Crippen molar-refractivity contribution in [1.29, 1.82) is 0 Å². The Balaban J connectivity index is 1.87. The second-order valence-corrected chi connectivity index (χ2v) is 5.43. The van der Waals surface area contributed by atoms with Gasteiger partial charge < -0.3 is 14.2 Å². The lowest BCUT2D eigenvalue weighted by molar-refractivity contribution is 0.197. The lowest BCUT2D eigenvalue weighted by Gasteiger charge is -2.25. The summed E-state index contributed by atoms with van der Waals surface area (Å²) in [4.78, 5) is 2.26. The fourth-order valence-corrected chi connectivity index (χ4v) is 2.37. The van der Waals surface area contributed by atoms with Gasteiger partial charge in [0.05, 0.1) is 14.2 Å². The van der Waals surface area contributed by atoms with E-state index in [0.29, 0.717) is 12.6 Å². The number of rotatable bonds is 8. The quantitative estimate of drug-likeness (QED) is 0.742. The van der Waals surface area contributed by atoms with Crippen LogP contribution in [0.1, 0.15) is 18.5 Å². The number of hydrogen-bond acceptors (Lipinski definition) is 4. The highest BCUT2D eigenvalue weighted by molar-refractivity contribution is 5.39. The Morgan fingerprint density at radius 1 is 0.913 bits per heavy atom. The van der Waals surface area contributed by atoms with Crippen molar-refractivity contribution >= 4 is 0 Å². The number of hydrogen-bond donors (Lipinski definition) is 0. The molecule has 2 aromatic rings. The van der Waals surface area contributed by atoms with Gasteiger partial charge in [0.25, 0.3) is 0 Å². The van der Waals surface area contributed by atoms with Crippen LogP contribution in [0.15, 0.2) is 48.5 Å². The Morgan fingerprint density at radius 3 is 2.17 bits per heavy atom. The summed E-state index contributed by atoms with van der Waals surface area (Å²) in [5.41, 5.74) is 1.26. The molecule has 1 atom stereocenters. The van der Waals surface area contributed by atoms with Gasteiger partial charge in [-0.2, -0.15) is 0 Å². The maximum atomic E-state index is 5.83. The molecule has 4 nitrogen and oxygen atoms in total. The number of methoxy groups -OCH3 is 2. The Kier molecular flexibility index (Phi) is 6.29. The van der Waals surface area contributed by atoms with E-state index < -0.39 is 0 Å². The van der Waals surface area contributed by atoms with Gasteiger partial charge in [0, 0.05) is 12.6 Å². The van der Waals surface area contributed by atoms with Gasteiger partial charge in [0.15, 0.2) is 11.5 Å². The summed E-state index contributed by atoms with van der Waals surface area (Å²) in [6.45, 7) is 3.62. The Hall–Kier alpha value is -2.20. The van der Waals surface area contributed by atoms with Crippen molar-refractivity contribution in [2.45, 2.75) is 13.0 Å². The van der Waals surface area contributed by atoms with Crippen LogP contribution in [0.5, 0.6) is 17.2 Å². The third-order valence-corrected chi connectivity index (χ3v) is 4.03. The van der Waals surface area contributed by atoms with Gasteiger partial charge in [-0.1, -0.05) is 24.3 Å². The third-order valence-electron chi connectivity index (χ3n) is 4.03. The van der Waals surface area contributed by atoms with Crippen molar-refractivity contribution in [1.82, 2.24) is 4.90 Å². The van der Waals surface area contributed by atoms with E-state index >= 15 is 0 Å². The van der Waals surface area contributed by atoms with Crippen LogP contribution in [0.3, 0.4) is 0 Å². The number of benzene rings is 2. The molecule has 2 rings (SSSR count). The molecule has 124 valence electrons. The first-order valence-corrected chi connectivity index (χ1v) is 7.75. The Morgan fingerprint density at radius 2 is 1.57 bits per heavy atom. The fraction of sp³-hybridized carbons (Fsp3) is 0.368. The van der Waals surface area contributed by atoms with Crippen LogP contribution in [0.25, 0.3) is 0 Å². The summed E-state index contributed by atoms with van der Waals surface area (Å²) in [5.74, 6) is 2.42. The Labute approximate surface area is 138 Å².